The largest absolute Gasteiger partial charge is 0.493 e. The third kappa shape index (κ3) is 4.27. The summed E-state index contributed by atoms with van der Waals surface area (Å²) in [7, 11) is 5.00. The second kappa shape index (κ2) is 8.78. The van der Waals surface area contributed by atoms with Crippen molar-refractivity contribution in [2.24, 2.45) is 0 Å². The van der Waals surface area contributed by atoms with E-state index in [-0.39, 0.29) is 11.8 Å². The first-order chi connectivity index (χ1) is 13.5. The van der Waals surface area contributed by atoms with E-state index in [0.717, 1.165) is 17.7 Å². The van der Waals surface area contributed by atoms with Gasteiger partial charge in [-0.1, -0.05) is 12.1 Å². The second-order valence-electron chi connectivity index (χ2n) is 6.87. The number of benzene rings is 2. The normalized spacial score (nSPS) is 13.5. The third-order valence-electron chi connectivity index (χ3n) is 5.01. The van der Waals surface area contributed by atoms with Crippen LogP contribution in [-0.4, -0.2) is 51.1 Å². The average Bonchev–Trinajstić information content (AvgIpc) is 3.17. The quantitative estimate of drug-likeness (QED) is 0.738. The summed E-state index contributed by atoms with van der Waals surface area (Å²) in [6.45, 7) is 1.28. The number of anilines is 1. The first-order valence-corrected chi connectivity index (χ1v) is 9.40. The molecule has 0 N–H and O–H groups in total. The number of carbonyl (C=O) groups excluding carboxylic acids is 2. The Balaban J connectivity index is 1.65. The molecule has 3 rings (SSSR count). The number of ether oxygens (including phenoxy) is 2. The number of likely N-dealkylation sites (N-methyl/N-ethyl adjacent to an activating group) is 1. The summed E-state index contributed by atoms with van der Waals surface area (Å²) >= 11 is 0. The van der Waals surface area contributed by atoms with Gasteiger partial charge in [0.1, 0.15) is 0 Å². The molecule has 0 spiro atoms. The number of hydrogen-bond donors (Lipinski definition) is 0. The molecule has 1 heterocycles. The number of nitrogens with zero attached hydrogens (tertiary/aromatic N) is 2. The van der Waals surface area contributed by atoms with Crippen LogP contribution in [0.3, 0.4) is 0 Å². The van der Waals surface area contributed by atoms with E-state index in [1.54, 1.807) is 43.2 Å². The second-order valence-corrected chi connectivity index (χ2v) is 6.87. The van der Waals surface area contributed by atoms with Crippen molar-refractivity contribution < 1.29 is 19.1 Å². The summed E-state index contributed by atoms with van der Waals surface area (Å²) in [5.74, 6) is 1.42. The molecular formula is C22H26N2O4. The van der Waals surface area contributed by atoms with Gasteiger partial charge in [0.15, 0.2) is 11.5 Å². The zero-order valence-corrected chi connectivity index (χ0v) is 16.6. The van der Waals surface area contributed by atoms with Crippen molar-refractivity contribution in [3.63, 3.8) is 0 Å². The minimum Gasteiger partial charge on any atom is -0.493 e. The molecule has 0 saturated carbocycles. The smallest absolute Gasteiger partial charge is 0.253 e. The minimum atomic E-state index is -0.0611. The standard InChI is InChI=1S/C22H26N2O4/c1-23(13-11-16-9-10-19(27-2)20(14-16)28-3)22(26)17-6-4-7-18(15-17)24-12-5-8-21(24)25/h4,6-7,9-10,14-15H,5,8,11-13H2,1-3H3. The molecule has 2 amide bonds. The van der Waals surface area contributed by atoms with E-state index in [4.69, 9.17) is 9.47 Å². The van der Waals surface area contributed by atoms with Gasteiger partial charge in [-0.3, -0.25) is 9.59 Å². The van der Waals surface area contributed by atoms with Gasteiger partial charge in [-0.05, 0) is 48.7 Å². The number of amides is 2. The highest BCUT2D eigenvalue weighted by Crippen LogP contribution is 2.28. The molecule has 0 radical (unpaired) electrons. The lowest BCUT2D eigenvalue weighted by Crippen LogP contribution is -2.29. The van der Waals surface area contributed by atoms with Crippen LogP contribution in [-0.2, 0) is 11.2 Å². The van der Waals surface area contributed by atoms with Crippen LogP contribution >= 0.6 is 0 Å². The van der Waals surface area contributed by atoms with E-state index in [1.165, 1.54) is 0 Å². The Bertz CT molecular complexity index is 865. The van der Waals surface area contributed by atoms with Crippen LogP contribution in [0.1, 0.15) is 28.8 Å². The van der Waals surface area contributed by atoms with Gasteiger partial charge in [0, 0.05) is 37.8 Å². The van der Waals surface area contributed by atoms with Crippen molar-refractivity contribution in [3.05, 3.63) is 53.6 Å². The third-order valence-corrected chi connectivity index (χ3v) is 5.01. The van der Waals surface area contributed by atoms with Gasteiger partial charge < -0.3 is 19.3 Å². The molecular weight excluding hydrogens is 356 g/mol. The van der Waals surface area contributed by atoms with Gasteiger partial charge >= 0.3 is 0 Å². The number of carbonyl (C=O) groups is 2. The maximum Gasteiger partial charge on any atom is 0.253 e. The van der Waals surface area contributed by atoms with Crippen LogP contribution in [0.25, 0.3) is 0 Å². The predicted molar refractivity (Wildman–Crippen MR) is 108 cm³/mol. The van der Waals surface area contributed by atoms with Crippen molar-refractivity contribution in [1.29, 1.82) is 0 Å². The van der Waals surface area contributed by atoms with Gasteiger partial charge in [-0.25, -0.2) is 0 Å². The van der Waals surface area contributed by atoms with E-state index in [0.29, 0.717) is 43.0 Å². The fraction of sp³-hybridized carbons (Fsp3) is 0.364. The lowest BCUT2D eigenvalue weighted by Gasteiger charge is -2.20. The Morgan fingerprint density at radius 2 is 1.89 bits per heavy atom. The van der Waals surface area contributed by atoms with Crippen LogP contribution < -0.4 is 14.4 Å². The van der Waals surface area contributed by atoms with Crippen LogP contribution in [0.4, 0.5) is 5.69 Å². The Morgan fingerprint density at radius 3 is 2.57 bits per heavy atom. The van der Waals surface area contributed by atoms with Crippen LogP contribution in [0, 0.1) is 0 Å². The first-order valence-electron chi connectivity index (χ1n) is 9.40. The van der Waals surface area contributed by atoms with Crippen molar-refractivity contribution >= 4 is 17.5 Å². The highest BCUT2D eigenvalue weighted by Gasteiger charge is 2.22. The van der Waals surface area contributed by atoms with E-state index in [2.05, 4.69) is 0 Å². The number of methoxy groups -OCH3 is 2. The molecule has 0 atom stereocenters. The summed E-state index contributed by atoms with van der Waals surface area (Å²) < 4.78 is 10.6. The van der Waals surface area contributed by atoms with E-state index in [1.807, 2.05) is 30.3 Å². The molecule has 6 nitrogen and oxygen atoms in total. The van der Waals surface area contributed by atoms with Crippen molar-refractivity contribution in [3.8, 4) is 11.5 Å². The maximum absolute atomic E-state index is 12.8. The summed E-state index contributed by atoms with van der Waals surface area (Å²) in [6.07, 6.45) is 2.14. The summed E-state index contributed by atoms with van der Waals surface area (Å²) in [5, 5.41) is 0. The predicted octanol–water partition coefficient (Wildman–Crippen LogP) is 3.15. The summed E-state index contributed by atoms with van der Waals surface area (Å²) in [4.78, 5) is 28.2. The zero-order chi connectivity index (χ0) is 20.1. The lowest BCUT2D eigenvalue weighted by molar-refractivity contribution is -0.117. The van der Waals surface area contributed by atoms with Crippen LogP contribution in [0.2, 0.25) is 0 Å². The van der Waals surface area contributed by atoms with Gasteiger partial charge in [-0.2, -0.15) is 0 Å². The van der Waals surface area contributed by atoms with Gasteiger partial charge in [0.05, 0.1) is 14.2 Å². The Hall–Kier alpha value is -3.02. The van der Waals surface area contributed by atoms with Crippen molar-refractivity contribution in [2.75, 3.05) is 39.3 Å². The fourth-order valence-corrected chi connectivity index (χ4v) is 3.38. The van der Waals surface area contributed by atoms with E-state index < -0.39 is 0 Å². The molecule has 0 unspecified atom stereocenters. The molecule has 1 fully saturated rings. The molecule has 0 aromatic heterocycles. The van der Waals surface area contributed by atoms with E-state index in [9.17, 15) is 9.59 Å². The molecule has 1 aliphatic rings. The van der Waals surface area contributed by atoms with Crippen LogP contribution in [0.15, 0.2) is 42.5 Å². The van der Waals surface area contributed by atoms with Gasteiger partial charge in [0.25, 0.3) is 5.91 Å². The Morgan fingerprint density at radius 1 is 1.11 bits per heavy atom. The topological polar surface area (TPSA) is 59.1 Å². The molecule has 28 heavy (non-hydrogen) atoms. The number of rotatable bonds is 7. The Labute approximate surface area is 165 Å². The molecule has 1 saturated heterocycles. The maximum atomic E-state index is 12.8. The number of hydrogen-bond acceptors (Lipinski definition) is 4. The molecule has 2 aromatic carbocycles. The monoisotopic (exact) mass is 382 g/mol. The fourth-order valence-electron chi connectivity index (χ4n) is 3.38. The minimum absolute atomic E-state index is 0.0611. The average molecular weight is 382 g/mol. The molecule has 2 aromatic rings. The van der Waals surface area contributed by atoms with Gasteiger partial charge in [0.2, 0.25) is 5.91 Å². The molecule has 1 aliphatic heterocycles. The summed E-state index contributed by atoms with van der Waals surface area (Å²) in [6, 6.07) is 13.1. The van der Waals surface area contributed by atoms with Crippen LogP contribution in [0.5, 0.6) is 11.5 Å². The van der Waals surface area contributed by atoms with Crippen molar-refractivity contribution in [1.82, 2.24) is 4.90 Å². The van der Waals surface area contributed by atoms with Crippen molar-refractivity contribution in [2.45, 2.75) is 19.3 Å². The molecule has 6 heteroatoms. The molecule has 148 valence electrons. The molecule has 0 aliphatic carbocycles. The zero-order valence-electron chi connectivity index (χ0n) is 16.6. The SMILES string of the molecule is COc1ccc(CCN(C)C(=O)c2cccc(N3CCCC3=O)c2)cc1OC. The van der Waals surface area contributed by atoms with E-state index >= 15 is 0 Å². The highest BCUT2D eigenvalue weighted by atomic mass is 16.5. The van der Waals surface area contributed by atoms with Gasteiger partial charge in [-0.15, -0.1) is 0 Å². The Kier molecular flexibility index (Phi) is 6.19. The lowest BCUT2D eigenvalue weighted by atomic mass is 10.1. The summed E-state index contributed by atoms with van der Waals surface area (Å²) in [5.41, 5.74) is 2.45. The first kappa shape index (κ1) is 19.7. The molecule has 0 bridgehead atoms. The highest BCUT2D eigenvalue weighted by molar-refractivity contribution is 5.99.